The van der Waals surface area contributed by atoms with Gasteiger partial charge in [0.1, 0.15) is 5.39 Å². The molecule has 4 aromatic rings. The third kappa shape index (κ3) is 3.96. The lowest BCUT2D eigenvalue weighted by molar-refractivity contribution is 0.355. The zero-order valence-electron chi connectivity index (χ0n) is 19.5. The number of fused-ring (bicyclic) bond motifs is 2. The zero-order chi connectivity index (χ0) is 24.9. The molecule has 1 aliphatic carbocycles. The number of hydrogen-bond donors (Lipinski definition) is 4. The van der Waals surface area contributed by atoms with Crippen molar-refractivity contribution < 1.29 is 9.11 Å². The van der Waals surface area contributed by atoms with Gasteiger partial charge in [-0.15, -0.1) is 10.8 Å². The number of anilines is 2. The van der Waals surface area contributed by atoms with E-state index in [2.05, 4.69) is 16.4 Å². The average molecular weight is 503 g/mol. The molecule has 1 aliphatic heterocycles. The van der Waals surface area contributed by atoms with Crippen molar-refractivity contribution in [2.45, 2.75) is 43.3 Å². The maximum absolute atomic E-state index is 12.8. The Hall–Kier alpha value is -3.62. The number of rotatable bonds is 7. The minimum Gasteiger partial charge on any atom is -0.338 e. The van der Waals surface area contributed by atoms with Crippen LogP contribution in [0.3, 0.4) is 0 Å². The molecule has 1 atom stereocenters. The number of benzene rings is 2. The molecule has 3 heterocycles. The molecule has 1 saturated carbocycles. The van der Waals surface area contributed by atoms with Crippen molar-refractivity contribution in [2.75, 3.05) is 5.32 Å². The van der Waals surface area contributed by atoms with Gasteiger partial charge in [-0.05, 0) is 54.2 Å². The molecular weight excluding hydrogens is 476 g/mol. The maximum atomic E-state index is 12.8. The summed E-state index contributed by atoms with van der Waals surface area (Å²) in [5.41, 5.74) is 2.95. The minimum absolute atomic E-state index is 0.0746. The predicted octanol–water partition coefficient (Wildman–Crippen LogP) is 5.37. The van der Waals surface area contributed by atoms with Gasteiger partial charge in [0.25, 0.3) is 5.56 Å². The van der Waals surface area contributed by atoms with E-state index in [0.717, 1.165) is 24.0 Å². The molecule has 184 valence electrons. The Morgan fingerprint density at radius 2 is 2.00 bits per heavy atom. The van der Waals surface area contributed by atoms with Crippen LogP contribution in [0.15, 0.2) is 70.5 Å². The van der Waals surface area contributed by atoms with Crippen LogP contribution in [0.1, 0.15) is 36.4 Å². The molecule has 0 radical (unpaired) electrons. The Balaban J connectivity index is 1.33. The Morgan fingerprint density at radius 1 is 1.19 bits per heavy atom. The molecule has 0 spiro atoms. The molecule has 0 amide bonds. The van der Waals surface area contributed by atoms with Gasteiger partial charge in [0.2, 0.25) is 0 Å². The van der Waals surface area contributed by atoms with E-state index < -0.39 is 10.8 Å². The predicted molar refractivity (Wildman–Crippen MR) is 139 cm³/mol. The number of nitrogens with one attached hydrogen (secondary N) is 2. The van der Waals surface area contributed by atoms with E-state index in [1.54, 1.807) is 22.6 Å². The summed E-state index contributed by atoms with van der Waals surface area (Å²) in [6.07, 6.45) is 4.04. The molecule has 10 heteroatoms. The van der Waals surface area contributed by atoms with Crippen LogP contribution in [0.2, 0.25) is 0 Å². The van der Waals surface area contributed by atoms with Crippen LogP contribution in [0.25, 0.3) is 10.9 Å². The van der Waals surface area contributed by atoms with Gasteiger partial charge in [-0.1, -0.05) is 30.3 Å². The molecule has 2 aromatic heterocycles. The summed E-state index contributed by atoms with van der Waals surface area (Å²) in [5, 5.41) is 17.8. The monoisotopic (exact) mass is 502 g/mol. The van der Waals surface area contributed by atoms with Crippen LogP contribution >= 0.6 is 10.8 Å². The molecule has 0 saturated heterocycles. The quantitative estimate of drug-likeness (QED) is 0.267. The first-order valence-electron chi connectivity index (χ1n) is 11.9. The Labute approximate surface area is 209 Å². The van der Waals surface area contributed by atoms with Gasteiger partial charge >= 0.3 is 0 Å². The Kier molecular flexibility index (Phi) is 5.58. The lowest BCUT2D eigenvalue weighted by Gasteiger charge is -2.37. The number of H-pyrrole nitrogens is 1. The van der Waals surface area contributed by atoms with E-state index in [4.69, 9.17) is 5.10 Å². The fourth-order valence-corrected chi connectivity index (χ4v) is 6.66. The smallest absolute Gasteiger partial charge is 0.261 e. The molecule has 2 aromatic carbocycles. The Bertz CT molecular complexity index is 1540. The first kappa shape index (κ1) is 22.8. The summed E-state index contributed by atoms with van der Waals surface area (Å²) in [6, 6.07) is 19.1. The van der Waals surface area contributed by atoms with E-state index in [1.165, 1.54) is 0 Å². The molecule has 6 rings (SSSR count). The van der Waals surface area contributed by atoms with Gasteiger partial charge in [-0.2, -0.15) is 14.7 Å². The van der Waals surface area contributed by atoms with Gasteiger partial charge < -0.3 is 10.3 Å². The van der Waals surface area contributed by atoms with Crippen molar-refractivity contribution in [3.8, 4) is 6.07 Å². The molecule has 2 aliphatic rings. The second-order valence-corrected chi connectivity index (χ2v) is 11.4. The number of nitrogens with zero attached hydrogens (tertiary/aromatic N) is 4. The highest BCUT2D eigenvalue weighted by Gasteiger charge is 2.36. The fourth-order valence-electron chi connectivity index (χ4n) is 5.00. The maximum Gasteiger partial charge on any atom is 0.261 e. The van der Waals surface area contributed by atoms with Crippen molar-refractivity contribution in [3.05, 3.63) is 82.3 Å². The zero-order valence-corrected chi connectivity index (χ0v) is 20.3. The largest absolute Gasteiger partial charge is 0.338 e. The van der Waals surface area contributed by atoms with E-state index >= 15 is 0 Å². The average Bonchev–Trinajstić information content (AvgIpc) is 3.60. The summed E-state index contributed by atoms with van der Waals surface area (Å²) in [5.74, 6) is 0.807. The lowest BCUT2D eigenvalue weighted by Crippen LogP contribution is -2.20. The van der Waals surface area contributed by atoms with Crippen LogP contribution in [0.4, 0.5) is 11.5 Å². The van der Waals surface area contributed by atoms with Gasteiger partial charge in [0.15, 0.2) is 5.82 Å². The number of hydrogen-bond acceptors (Lipinski definition) is 7. The van der Waals surface area contributed by atoms with Crippen molar-refractivity contribution in [1.82, 2.24) is 19.1 Å². The highest BCUT2D eigenvalue weighted by Crippen LogP contribution is 2.59. The van der Waals surface area contributed by atoms with Gasteiger partial charge in [0.05, 0.1) is 28.9 Å². The number of aromatic amines is 1. The molecule has 1 unspecified atom stereocenters. The van der Waals surface area contributed by atoms with Crippen molar-refractivity contribution >= 4 is 33.2 Å². The third-order valence-electron chi connectivity index (χ3n) is 6.94. The van der Waals surface area contributed by atoms with E-state index in [-0.39, 0.29) is 11.6 Å². The topological polar surface area (TPSA) is 130 Å². The third-order valence-corrected chi connectivity index (χ3v) is 8.90. The van der Waals surface area contributed by atoms with Gasteiger partial charge in [0, 0.05) is 25.0 Å². The summed E-state index contributed by atoms with van der Waals surface area (Å²) in [6.45, 7) is 0.816. The molecule has 1 fully saturated rings. The lowest BCUT2D eigenvalue weighted by atomic mass is 10.1. The summed E-state index contributed by atoms with van der Waals surface area (Å²) >= 11 is 0. The van der Waals surface area contributed by atoms with Gasteiger partial charge in [-0.3, -0.25) is 18.6 Å². The highest BCUT2D eigenvalue weighted by molar-refractivity contribution is 8.22. The van der Waals surface area contributed by atoms with Crippen LogP contribution in [-0.2, 0) is 13.1 Å². The highest BCUT2D eigenvalue weighted by atomic mass is 32.3. The van der Waals surface area contributed by atoms with Crippen molar-refractivity contribution in [3.63, 3.8) is 0 Å². The SMILES string of the molecule is N#CCC(C1CC1)n1nc(Nc2ccc3c(c2)CN(Cc2ccccc2)S3(O)O)c2c(=O)[nH]ccc21. The van der Waals surface area contributed by atoms with E-state index in [0.29, 0.717) is 52.7 Å². The van der Waals surface area contributed by atoms with E-state index in [1.807, 2.05) is 47.1 Å². The number of nitriles is 1. The van der Waals surface area contributed by atoms with Crippen LogP contribution in [-0.4, -0.2) is 28.2 Å². The van der Waals surface area contributed by atoms with Crippen LogP contribution < -0.4 is 10.9 Å². The summed E-state index contributed by atoms with van der Waals surface area (Å²) in [4.78, 5) is 16.0. The molecule has 36 heavy (non-hydrogen) atoms. The molecule has 0 bridgehead atoms. The molecule has 9 nitrogen and oxygen atoms in total. The normalized spacial score (nSPS) is 18.5. The first-order chi connectivity index (χ1) is 17.5. The summed E-state index contributed by atoms with van der Waals surface area (Å²) < 4.78 is 25.4. The number of aromatic nitrogens is 3. The van der Waals surface area contributed by atoms with E-state index in [9.17, 15) is 19.2 Å². The standard InChI is InChI=1S/C26H26N6O3S/c27-12-10-21(18-6-7-18)32-22-11-13-28-26(33)24(22)25(30-32)29-20-8-9-23-19(14-20)16-31(36(23,34)35)15-17-4-2-1-3-5-17/h1-5,8-9,11,13-14,18,21,34-35H,6-7,10,15-16H2,(H,28,33)(H,29,30). The second kappa shape index (κ2) is 8.80. The van der Waals surface area contributed by atoms with Crippen molar-refractivity contribution in [1.29, 1.82) is 5.26 Å². The second-order valence-electron chi connectivity index (χ2n) is 9.38. The fraction of sp³-hybridized carbons (Fsp3) is 0.269. The molecule has 4 N–H and O–H groups in total. The summed E-state index contributed by atoms with van der Waals surface area (Å²) in [7, 11) is -3.09. The molecular formula is C26H26N6O3S. The Morgan fingerprint density at radius 3 is 2.75 bits per heavy atom. The first-order valence-corrected chi connectivity index (χ1v) is 13.4. The number of pyridine rings is 1. The van der Waals surface area contributed by atoms with Crippen LogP contribution in [0.5, 0.6) is 0 Å². The van der Waals surface area contributed by atoms with Gasteiger partial charge in [-0.25, -0.2) is 0 Å². The minimum atomic E-state index is -3.09. The van der Waals surface area contributed by atoms with Crippen molar-refractivity contribution in [2.24, 2.45) is 5.92 Å². The van der Waals surface area contributed by atoms with Crippen LogP contribution in [0, 0.1) is 17.2 Å².